The van der Waals surface area contributed by atoms with E-state index in [-0.39, 0.29) is 48.8 Å². The maximum Gasteiger partial charge on any atom is 0.433 e. The lowest BCUT2D eigenvalue weighted by atomic mass is 9.85. The summed E-state index contributed by atoms with van der Waals surface area (Å²) in [4.78, 5) is 58.2. The minimum atomic E-state index is -4.66. The Balaban J connectivity index is 0.862. The predicted octanol–water partition coefficient (Wildman–Crippen LogP) is 5.61. The van der Waals surface area contributed by atoms with Gasteiger partial charge in [-0.05, 0) is 94.0 Å². The first-order chi connectivity index (χ1) is 27.2. The first kappa shape index (κ1) is 38.3. The summed E-state index contributed by atoms with van der Waals surface area (Å²) in [6, 6.07) is 13.0. The Hall–Kier alpha value is -5.58. The molecule has 2 N–H and O–H groups in total. The van der Waals surface area contributed by atoms with Crippen molar-refractivity contribution in [2.24, 2.45) is 13.0 Å². The zero-order valence-corrected chi connectivity index (χ0v) is 31.5. The highest BCUT2D eigenvalue weighted by molar-refractivity contribution is 6.04. The lowest BCUT2D eigenvalue weighted by Gasteiger charge is -2.42. The van der Waals surface area contributed by atoms with E-state index in [1.807, 2.05) is 35.0 Å². The molecule has 13 nitrogen and oxygen atoms in total. The molecule has 2 aliphatic heterocycles. The topological polar surface area (TPSA) is 139 Å². The summed E-state index contributed by atoms with van der Waals surface area (Å²) in [5, 5.41) is 10.5. The van der Waals surface area contributed by atoms with Crippen molar-refractivity contribution in [3.05, 3.63) is 82.7 Å². The van der Waals surface area contributed by atoms with Gasteiger partial charge in [0.2, 0.25) is 11.8 Å². The van der Waals surface area contributed by atoms with Crippen molar-refractivity contribution in [2.45, 2.75) is 75.4 Å². The third-order valence-corrected chi connectivity index (χ3v) is 11.8. The number of anilines is 2. The van der Waals surface area contributed by atoms with Gasteiger partial charge in [-0.1, -0.05) is 12.1 Å². The Bertz CT molecular complexity index is 2420. The van der Waals surface area contributed by atoms with Crippen molar-refractivity contribution < 1.29 is 31.9 Å². The number of benzene rings is 2. The zero-order chi connectivity index (χ0) is 40.2. The highest BCUT2D eigenvalue weighted by Gasteiger charge is 2.37. The van der Waals surface area contributed by atoms with Gasteiger partial charge in [0, 0.05) is 49.9 Å². The van der Waals surface area contributed by atoms with Gasteiger partial charge in [-0.3, -0.25) is 33.5 Å². The van der Waals surface area contributed by atoms with Crippen molar-refractivity contribution in [2.75, 3.05) is 36.9 Å². The van der Waals surface area contributed by atoms with Crippen LogP contribution in [0.3, 0.4) is 0 Å². The molecule has 0 radical (unpaired) electrons. The highest BCUT2D eigenvalue weighted by atomic mass is 19.4. The quantitative estimate of drug-likeness (QED) is 0.153. The van der Waals surface area contributed by atoms with Crippen LogP contribution in [0.1, 0.15) is 73.2 Å². The molecule has 2 saturated heterocycles. The van der Waals surface area contributed by atoms with Crippen LogP contribution in [-0.4, -0.2) is 85.4 Å². The number of para-hydroxylation sites is 1. The second kappa shape index (κ2) is 15.1. The molecule has 3 amide bonds. The van der Waals surface area contributed by atoms with Gasteiger partial charge in [-0.25, -0.2) is 14.2 Å². The number of nitrogens with one attached hydrogen (secondary N) is 2. The smallest absolute Gasteiger partial charge is 0.367 e. The van der Waals surface area contributed by atoms with Gasteiger partial charge in [0.1, 0.15) is 23.6 Å². The molecule has 1 aliphatic carbocycles. The number of hydrogen-bond acceptors (Lipinski definition) is 8. The van der Waals surface area contributed by atoms with Crippen molar-refractivity contribution >= 4 is 51.0 Å². The standard InChI is InChI=1S/C40H43F4N9O4/c1-49(30-17-18-51(22-27(30)41)31-6-4-7-32-36(31)50(2)39(57)53(32)33-15-16-35(54)47-38(33)56)20-23-9-12-26(13-10-23)52-21-24-19-25(11-14-28(24)48-52)45-37(55)29-5-3-8-34(46-29)40(42,43)44/h3-8,11,14,19,21,23,26-27,30,33H,9-10,12-13,15-18,20,22H2,1-2H3,(H,45,55)(H,47,54,56)/t23?,26?,27-,30?,33?/m0/s1. The lowest BCUT2D eigenvalue weighted by Crippen LogP contribution is -2.52. The molecule has 8 rings (SSSR count). The molecular formula is C40H43F4N9O4. The van der Waals surface area contributed by atoms with Crippen LogP contribution in [0, 0.1) is 5.92 Å². The van der Waals surface area contributed by atoms with E-state index in [4.69, 9.17) is 5.10 Å². The SMILES string of the molecule is CN(CC1CCC(n2cc3cc(NC(=O)c4cccc(C(F)(F)F)n4)ccc3n2)CC1)C1CCN(c2cccc3c2n(C)c(=O)n3C2CCC(=O)NC2=O)C[C@@H]1F. The first-order valence-electron chi connectivity index (χ1n) is 19.2. The number of rotatable bonds is 8. The molecule has 2 aromatic carbocycles. The summed E-state index contributed by atoms with van der Waals surface area (Å²) in [5.74, 6) is -1.21. The third kappa shape index (κ3) is 7.51. The number of pyridine rings is 1. The Kier molecular flexibility index (Phi) is 10.1. The van der Waals surface area contributed by atoms with Gasteiger partial charge in [0.25, 0.3) is 5.91 Å². The fraction of sp³-hybridized carbons (Fsp3) is 0.450. The molecular weight excluding hydrogens is 746 g/mol. The van der Waals surface area contributed by atoms with Gasteiger partial charge < -0.3 is 15.1 Å². The van der Waals surface area contributed by atoms with Crippen LogP contribution in [-0.2, 0) is 22.8 Å². The Labute approximate surface area is 324 Å². The molecule has 5 aromatic rings. The molecule has 0 bridgehead atoms. The average molecular weight is 790 g/mol. The van der Waals surface area contributed by atoms with Crippen LogP contribution in [0.15, 0.2) is 65.6 Å². The second-order valence-corrected chi connectivity index (χ2v) is 15.5. The largest absolute Gasteiger partial charge is 0.433 e. The maximum atomic E-state index is 16.1. The number of alkyl halides is 4. The van der Waals surface area contributed by atoms with Crippen LogP contribution in [0.4, 0.5) is 28.9 Å². The van der Waals surface area contributed by atoms with Crippen molar-refractivity contribution in [1.82, 2.24) is 34.1 Å². The maximum absolute atomic E-state index is 16.1. The van der Waals surface area contributed by atoms with E-state index < -0.39 is 35.9 Å². The third-order valence-electron chi connectivity index (χ3n) is 11.8. The number of imidazole rings is 1. The number of piperidine rings is 2. The van der Waals surface area contributed by atoms with E-state index >= 15 is 4.39 Å². The summed E-state index contributed by atoms with van der Waals surface area (Å²) < 4.78 is 60.2. The number of carbonyl (C=O) groups is 3. The normalized spacial score (nSPS) is 23.4. The van der Waals surface area contributed by atoms with Gasteiger partial charge in [-0.15, -0.1) is 0 Å². The molecule has 3 fully saturated rings. The van der Waals surface area contributed by atoms with Crippen molar-refractivity contribution in [3.63, 3.8) is 0 Å². The predicted molar refractivity (Wildman–Crippen MR) is 205 cm³/mol. The van der Waals surface area contributed by atoms with E-state index in [1.54, 1.807) is 31.3 Å². The molecule has 17 heteroatoms. The number of carbonyl (C=O) groups excluding carboxylic acids is 3. The van der Waals surface area contributed by atoms with Crippen molar-refractivity contribution in [3.8, 4) is 0 Å². The molecule has 0 spiro atoms. The number of aromatic nitrogens is 5. The lowest BCUT2D eigenvalue weighted by molar-refractivity contribution is -0.141. The van der Waals surface area contributed by atoms with E-state index in [0.29, 0.717) is 35.6 Å². The van der Waals surface area contributed by atoms with E-state index in [0.717, 1.165) is 61.0 Å². The van der Waals surface area contributed by atoms with Crippen LogP contribution < -0.4 is 21.2 Å². The van der Waals surface area contributed by atoms with Gasteiger partial charge in [-0.2, -0.15) is 18.3 Å². The average Bonchev–Trinajstić information content (AvgIpc) is 3.72. The monoisotopic (exact) mass is 789 g/mol. The zero-order valence-electron chi connectivity index (χ0n) is 31.5. The Morgan fingerprint density at radius 1 is 1.00 bits per heavy atom. The number of imide groups is 1. The van der Waals surface area contributed by atoms with Gasteiger partial charge in [0.05, 0.1) is 34.8 Å². The highest BCUT2D eigenvalue weighted by Crippen LogP contribution is 2.36. The number of nitrogens with zero attached hydrogens (tertiary/aromatic N) is 7. The van der Waals surface area contributed by atoms with E-state index in [1.165, 1.54) is 15.2 Å². The number of fused-ring (bicyclic) bond motifs is 2. The number of hydrogen-bond donors (Lipinski definition) is 2. The van der Waals surface area contributed by atoms with Crippen LogP contribution in [0.2, 0.25) is 0 Å². The Morgan fingerprint density at radius 3 is 2.51 bits per heavy atom. The summed E-state index contributed by atoms with van der Waals surface area (Å²) in [5.41, 5.74) is 1.27. The molecule has 3 aromatic heterocycles. The van der Waals surface area contributed by atoms with Crippen LogP contribution in [0.5, 0.6) is 0 Å². The molecule has 300 valence electrons. The fourth-order valence-corrected chi connectivity index (χ4v) is 8.87. The summed E-state index contributed by atoms with van der Waals surface area (Å²) in [6.45, 7) is 1.53. The van der Waals surface area contributed by atoms with E-state index in [9.17, 15) is 32.3 Å². The number of aryl methyl sites for hydroxylation is 1. The number of halogens is 4. The van der Waals surface area contributed by atoms with Crippen LogP contribution >= 0.6 is 0 Å². The molecule has 5 heterocycles. The summed E-state index contributed by atoms with van der Waals surface area (Å²) in [6.07, 6.45) is 0.827. The fourth-order valence-electron chi connectivity index (χ4n) is 8.87. The summed E-state index contributed by atoms with van der Waals surface area (Å²) in [7, 11) is 3.64. The minimum Gasteiger partial charge on any atom is -0.367 e. The molecule has 3 atom stereocenters. The van der Waals surface area contributed by atoms with Gasteiger partial charge >= 0.3 is 11.9 Å². The van der Waals surface area contributed by atoms with E-state index in [2.05, 4.69) is 20.5 Å². The molecule has 3 aliphatic rings. The summed E-state index contributed by atoms with van der Waals surface area (Å²) >= 11 is 0. The molecule has 1 saturated carbocycles. The van der Waals surface area contributed by atoms with Crippen LogP contribution in [0.25, 0.3) is 21.9 Å². The molecule has 2 unspecified atom stereocenters. The second-order valence-electron chi connectivity index (χ2n) is 15.5. The number of amides is 3. The molecule has 57 heavy (non-hydrogen) atoms. The Morgan fingerprint density at radius 2 is 1.77 bits per heavy atom. The van der Waals surface area contributed by atoms with Gasteiger partial charge in [0.15, 0.2) is 0 Å². The first-order valence-corrected chi connectivity index (χ1v) is 19.2. The van der Waals surface area contributed by atoms with Crippen molar-refractivity contribution in [1.29, 1.82) is 0 Å². The minimum absolute atomic E-state index is 0.149.